The number of halogens is 2. The molecule has 0 radical (unpaired) electrons. The molecule has 3 aromatic rings. The Balaban J connectivity index is 2.01. The molecule has 9 nitrogen and oxygen atoms in total. The molecule has 12 heteroatoms. The van der Waals surface area contributed by atoms with Crippen molar-refractivity contribution in [2.45, 2.75) is 20.8 Å². The van der Waals surface area contributed by atoms with E-state index in [2.05, 4.69) is 25.4 Å². The molecule has 1 aromatic heterocycles. The first-order chi connectivity index (χ1) is 14.7. The van der Waals surface area contributed by atoms with Crippen LogP contribution in [0.3, 0.4) is 0 Å². The van der Waals surface area contributed by atoms with E-state index >= 15 is 0 Å². The fourth-order valence-electron chi connectivity index (χ4n) is 2.95. The van der Waals surface area contributed by atoms with Crippen molar-refractivity contribution < 1.29 is 9.72 Å². The summed E-state index contributed by atoms with van der Waals surface area (Å²) in [4.78, 5) is 28.6. The van der Waals surface area contributed by atoms with Gasteiger partial charge in [0.2, 0.25) is 11.0 Å². The number of azo groups is 1. The van der Waals surface area contributed by atoms with E-state index < -0.39 is 4.92 Å². The molecule has 0 atom stereocenters. The summed E-state index contributed by atoms with van der Waals surface area (Å²) in [7, 11) is 0. The van der Waals surface area contributed by atoms with Crippen molar-refractivity contribution in [1.29, 1.82) is 0 Å². The molecule has 0 aliphatic rings. The van der Waals surface area contributed by atoms with Crippen LogP contribution in [0.5, 0.6) is 0 Å². The van der Waals surface area contributed by atoms with Crippen molar-refractivity contribution in [2.75, 3.05) is 23.3 Å². The summed E-state index contributed by atoms with van der Waals surface area (Å²) in [6.07, 6.45) is 0. The molecule has 0 unspecified atom stereocenters. The molecule has 162 valence electrons. The number of rotatable bonds is 7. The number of benzene rings is 2. The van der Waals surface area contributed by atoms with Gasteiger partial charge in [0.15, 0.2) is 0 Å². The first kappa shape index (κ1) is 22.9. The van der Waals surface area contributed by atoms with Gasteiger partial charge in [0.1, 0.15) is 16.2 Å². The Labute approximate surface area is 191 Å². The number of nitro benzene ring substituents is 1. The molecule has 0 saturated carbocycles. The van der Waals surface area contributed by atoms with Gasteiger partial charge in [-0.05, 0) is 32.0 Å². The van der Waals surface area contributed by atoms with Crippen molar-refractivity contribution >= 4 is 78.5 Å². The van der Waals surface area contributed by atoms with Crippen molar-refractivity contribution in [3.05, 3.63) is 44.4 Å². The second-order valence-corrected chi connectivity index (χ2v) is 8.14. The lowest BCUT2D eigenvalue weighted by Crippen LogP contribution is -2.21. The number of nitrogens with zero attached hydrogens (tertiary/aromatic N) is 5. The Bertz CT molecular complexity index is 1190. The van der Waals surface area contributed by atoms with E-state index in [0.717, 1.165) is 36.2 Å². The Morgan fingerprint density at radius 1 is 1.26 bits per heavy atom. The maximum atomic E-state index is 11.6. The Morgan fingerprint density at radius 3 is 2.58 bits per heavy atom. The van der Waals surface area contributed by atoms with E-state index in [1.807, 2.05) is 26.0 Å². The van der Waals surface area contributed by atoms with E-state index in [9.17, 15) is 14.9 Å². The average Bonchev–Trinajstić information content (AvgIpc) is 3.15. The van der Waals surface area contributed by atoms with Crippen molar-refractivity contribution in [3.63, 3.8) is 0 Å². The number of hydrogen-bond acceptors (Lipinski definition) is 8. The zero-order chi connectivity index (χ0) is 22.7. The summed E-state index contributed by atoms with van der Waals surface area (Å²) in [5.41, 5.74) is 1.90. The number of nitro groups is 1. The number of nitrogens with one attached hydrogen (secondary N) is 1. The first-order valence-electron chi connectivity index (χ1n) is 9.26. The normalized spacial score (nSPS) is 11.3. The molecule has 0 bridgehead atoms. The van der Waals surface area contributed by atoms with E-state index in [4.69, 9.17) is 23.2 Å². The maximum Gasteiger partial charge on any atom is 0.290 e. The number of amides is 1. The van der Waals surface area contributed by atoms with Crippen LogP contribution in [0.1, 0.15) is 20.8 Å². The third kappa shape index (κ3) is 4.92. The van der Waals surface area contributed by atoms with Crippen LogP contribution in [-0.4, -0.2) is 28.9 Å². The van der Waals surface area contributed by atoms with Gasteiger partial charge < -0.3 is 10.2 Å². The molecule has 0 saturated heterocycles. The Hall–Kier alpha value is -2.82. The van der Waals surface area contributed by atoms with Crippen LogP contribution in [0.4, 0.5) is 27.9 Å². The van der Waals surface area contributed by atoms with Gasteiger partial charge in [-0.2, -0.15) is 0 Å². The molecule has 31 heavy (non-hydrogen) atoms. The van der Waals surface area contributed by atoms with Gasteiger partial charge >= 0.3 is 0 Å². The standard InChI is InChI=1S/C19H18Cl2N6O3S/c1-4-26(5-2)11-6-7-13(14(8-11)22-10(3)28)24-25-19-23-17-12(20)9-15(27(29)30)16(21)18(17)31-19/h6-9H,4-5H2,1-3H3,(H,22,28). The molecule has 1 heterocycles. The van der Waals surface area contributed by atoms with Crippen LogP contribution in [0.2, 0.25) is 10.0 Å². The predicted molar refractivity (Wildman–Crippen MR) is 125 cm³/mol. The predicted octanol–water partition coefficient (Wildman–Crippen LogP) is 6.73. The average molecular weight is 481 g/mol. The summed E-state index contributed by atoms with van der Waals surface area (Å²) in [6, 6.07) is 6.63. The Morgan fingerprint density at radius 2 is 1.97 bits per heavy atom. The highest BCUT2D eigenvalue weighted by molar-refractivity contribution is 7.22. The van der Waals surface area contributed by atoms with Crippen LogP contribution >= 0.6 is 34.5 Å². The van der Waals surface area contributed by atoms with Crippen molar-refractivity contribution in [2.24, 2.45) is 10.2 Å². The second-order valence-electron chi connectivity index (χ2n) is 6.38. The third-order valence-corrected chi connectivity index (χ3v) is 6.13. The summed E-state index contributed by atoms with van der Waals surface area (Å²) in [6.45, 7) is 7.13. The number of thiazole rings is 1. The molecule has 1 amide bonds. The molecule has 0 aliphatic carbocycles. The van der Waals surface area contributed by atoms with Gasteiger partial charge in [0, 0.05) is 31.8 Å². The van der Waals surface area contributed by atoms with Crippen LogP contribution in [0, 0.1) is 10.1 Å². The molecule has 0 aliphatic heterocycles. The lowest BCUT2D eigenvalue weighted by molar-refractivity contribution is -0.384. The molecular formula is C19H18Cl2N6O3S. The lowest BCUT2D eigenvalue weighted by Gasteiger charge is -2.22. The molecular weight excluding hydrogens is 463 g/mol. The summed E-state index contributed by atoms with van der Waals surface area (Å²) >= 11 is 13.3. The van der Waals surface area contributed by atoms with Gasteiger partial charge in [-0.15, -0.1) is 10.2 Å². The van der Waals surface area contributed by atoms with Crippen LogP contribution in [0.25, 0.3) is 10.2 Å². The monoisotopic (exact) mass is 480 g/mol. The van der Waals surface area contributed by atoms with E-state index in [1.54, 1.807) is 6.07 Å². The van der Waals surface area contributed by atoms with Gasteiger partial charge in [0.05, 0.1) is 20.3 Å². The molecule has 1 N–H and O–H groups in total. The smallest absolute Gasteiger partial charge is 0.290 e. The lowest BCUT2D eigenvalue weighted by atomic mass is 10.2. The van der Waals surface area contributed by atoms with Crippen LogP contribution in [-0.2, 0) is 4.79 Å². The summed E-state index contributed by atoms with van der Waals surface area (Å²) < 4.78 is 0.355. The number of carbonyl (C=O) groups is 1. The maximum absolute atomic E-state index is 11.6. The second kappa shape index (κ2) is 9.54. The van der Waals surface area contributed by atoms with Crippen molar-refractivity contribution in [1.82, 2.24) is 4.98 Å². The number of anilines is 2. The highest BCUT2D eigenvalue weighted by Gasteiger charge is 2.21. The number of carbonyl (C=O) groups excluding carboxylic acids is 1. The fraction of sp³-hybridized carbons (Fsp3) is 0.263. The quantitative estimate of drug-likeness (QED) is 0.228. The van der Waals surface area contributed by atoms with Crippen LogP contribution < -0.4 is 10.2 Å². The van der Waals surface area contributed by atoms with E-state index in [1.165, 1.54) is 6.92 Å². The largest absolute Gasteiger partial charge is 0.372 e. The topological polar surface area (TPSA) is 113 Å². The third-order valence-electron chi connectivity index (χ3n) is 4.39. The minimum absolute atomic E-state index is 0.0501. The molecule has 0 fully saturated rings. The zero-order valence-electron chi connectivity index (χ0n) is 16.8. The highest BCUT2D eigenvalue weighted by atomic mass is 35.5. The zero-order valence-corrected chi connectivity index (χ0v) is 19.2. The molecule has 0 spiro atoms. The van der Waals surface area contributed by atoms with E-state index in [-0.39, 0.29) is 26.8 Å². The highest BCUT2D eigenvalue weighted by Crippen LogP contribution is 2.43. The summed E-state index contributed by atoms with van der Waals surface area (Å²) in [5.74, 6) is -0.237. The van der Waals surface area contributed by atoms with E-state index in [0.29, 0.717) is 21.6 Å². The number of fused-ring (bicyclic) bond motifs is 1. The van der Waals surface area contributed by atoms with Crippen molar-refractivity contribution in [3.8, 4) is 0 Å². The molecule has 2 aromatic carbocycles. The first-order valence-corrected chi connectivity index (χ1v) is 10.8. The van der Waals surface area contributed by atoms with Gasteiger partial charge in [-0.25, -0.2) is 4.98 Å². The number of hydrogen-bond donors (Lipinski definition) is 1. The minimum Gasteiger partial charge on any atom is -0.372 e. The van der Waals surface area contributed by atoms with Gasteiger partial charge in [0.25, 0.3) is 5.69 Å². The summed E-state index contributed by atoms with van der Waals surface area (Å²) in [5, 5.41) is 22.5. The SMILES string of the molecule is CCN(CC)c1ccc(N=Nc2nc3c(Cl)cc([N+](=O)[O-])c(Cl)c3s2)c(NC(C)=O)c1. The van der Waals surface area contributed by atoms with Crippen LogP contribution in [0.15, 0.2) is 34.5 Å². The molecule has 3 rings (SSSR count). The number of aromatic nitrogens is 1. The van der Waals surface area contributed by atoms with Gasteiger partial charge in [-0.1, -0.05) is 34.5 Å². The minimum atomic E-state index is -0.605. The Kier molecular flexibility index (Phi) is 7.04. The van der Waals surface area contributed by atoms with Gasteiger partial charge in [-0.3, -0.25) is 14.9 Å². The fourth-order valence-corrected chi connectivity index (χ4v) is 4.42.